The van der Waals surface area contributed by atoms with Gasteiger partial charge in [-0.3, -0.25) is 4.79 Å². The number of hydrogen-bond acceptors (Lipinski definition) is 5. The molecule has 0 unspecified atom stereocenters. The van der Waals surface area contributed by atoms with E-state index >= 15 is 0 Å². The Balaban J connectivity index is 1.70. The molecule has 18 heavy (non-hydrogen) atoms. The zero-order valence-corrected chi connectivity index (χ0v) is 11.4. The molecule has 0 radical (unpaired) electrons. The van der Waals surface area contributed by atoms with Crippen molar-refractivity contribution in [1.82, 2.24) is 10.3 Å². The molecule has 0 bridgehead atoms. The first-order chi connectivity index (χ1) is 8.67. The minimum atomic E-state index is -0.0196. The lowest BCUT2D eigenvalue weighted by atomic mass is 10.1. The van der Waals surface area contributed by atoms with E-state index in [2.05, 4.69) is 15.5 Å². The van der Waals surface area contributed by atoms with E-state index < -0.39 is 0 Å². The molecule has 2 heterocycles. The fourth-order valence-electron chi connectivity index (χ4n) is 1.75. The Morgan fingerprint density at radius 3 is 3.11 bits per heavy atom. The Hall–Kier alpha value is -1.43. The number of aromatic nitrogens is 1. The van der Waals surface area contributed by atoms with E-state index in [-0.39, 0.29) is 12.0 Å². The summed E-state index contributed by atoms with van der Waals surface area (Å²) in [6.45, 7) is 4.49. The second kappa shape index (κ2) is 5.95. The molecule has 0 saturated carbocycles. The normalized spacial score (nSPS) is 18.3. The minimum absolute atomic E-state index is 0.0129. The lowest BCUT2D eigenvalue weighted by Crippen LogP contribution is -2.33. The Morgan fingerprint density at radius 1 is 1.67 bits per heavy atom. The van der Waals surface area contributed by atoms with Crippen LogP contribution in [0.5, 0.6) is 0 Å². The molecule has 98 valence electrons. The Morgan fingerprint density at radius 2 is 2.50 bits per heavy atom. The molecule has 1 aromatic heterocycles. The van der Waals surface area contributed by atoms with Crippen molar-refractivity contribution in [3.8, 4) is 0 Å². The Labute approximate surface area is 110 Å². The lowest BCUT2D eigenvalue weighted by Gasteiger charge is -2.09. The van der Waals surface area contributed by atoms with E-state index in [9.17, 15) is 4.79 Å². The third-order valence-electron chi connectivity index (χ3n) is 2.74. The zero-order valence-electron chi connectivity index (χ0n) is 10.6. The number of oxime groups is 1. The zero-order chi connectivity index (χ0) is 13.0. The fourth-order valence-corrected chi connectivity index (χ4v) is 2.36. The molecular formula is C12H17N3O2S. The predicted molar refractivity (Wildman–Crippen MR) is 70.8 cm³/mol. The van der Waals surface area contributed by atoms with Crippen LogP contribution in [-0.2, 0) is 16.1 Å². The number of nitrogens with zero attached hydrogens (tertiary/aromatic N) is 2. The first-order valence-electron chi connectivity index (χ1n) is 6.06. The van der Waals surface area contributed by atoms with Crippen LogP contribution in [0.3, 0.4) is 0 Å². The van der Waals surface area contributed by atoms with Crippen LogP contribution in [0, 0.1) is 6.92 Å². The van der Waals surface area contributed by atoms with Gasteiger partial charge in [0, 0.05) is 11.8 Å². The second-order valence-corrected chi connectivity index (χ2v) is 5.34. The first-order valence-corrected chi connectivity index (χ1v) is 6.94. The summed E-state index contributed by atoms with van der Waals surface area (Å²) >= 11 is 1.56. The van der Waals surface area contributed by atoms with Crippen LogP contribution in [0.15, 0.2) is 10.5 Å². The Bertz CT molecular complexity index is 456. The van der Waals surface area contributed by atoms with Gasteiger partial charge in [0.25, 0.3) is 0 Å². The van der Waals surface area contributed by atoms with Crippen molar-refractivity contribution in [1.29, 1.82) is 0 Å². The summed E-state index contributed by atoms with van der Waals surface area (Å²) in [4.78, 5) is 21.2. The first kappa shape index (κ1) is 13.0. The van der Waals surface area contributed by atoms with Crippen molar-refractivity contribution in [2.75, 3.05) is 6.54 Å². The van der Waals surface area contributed by atoms with Crippen molar-refractivity contribution in [2.45, 2.75) is 39.2 Å². The highest BCUT2D eigenvalue weighted by atomic mass is 32.1. The summed E-state index contributed by atoms with van der Waals surface area (Å²) in [5.74, 6) is -0.0196. The highest BCUT2D eigenvalue weighted by molar-refractivity contribution is 7.09. The average Bonchev–Trinajstić information content (AvgIpc) is 2.95. The van der Waals surface area contributed by atoms with Crippen LogP contribution >= 0.6 is 11.3 Å². The molecule has 0 fully saturated rings. The van der Waals surface area contributed by atoms with Gasteiger partial charge in [-0.1, -0.05) is 12.1 Å². The van der Waals surface area contributed by atoms with Crippen molar-refractivity contribution in [3.05, 3.63) is 16.1 Å². The lowest BCUT2D eigenvalue weighted by molar-refractivity contribution is -0.121. The average molecular weight is 267 g/mol. The number of nitrogens with one attached hydrogen (secondary N) is 1. The van der Waals surface area contributed by atoms with Crippen LogP contribution < -0.4 is 5.32 Å². The van der Waals surface area contributed by atoms with E-state index in [0.717, 1.165) is 29.3 Å². The molecule has 0 spiro atoms. The molecule has 0 aromatic carbocycles. The van der Waals surface area contributed by atoms with Crippen molar-refractivity contribution >= 4 is 23.0 Å². The van der Waals surface area contributed by atoms with E-state index in [1.54, 1.807) is 11.3 Å². The van der Waals surface area contributed by atoms with Gasteiger partial charge in [0.15, 0.2) is 0 Å². The van der Waals surface area contributed by atoms with Crippen LogP contribution in [0.1, 0.15) is 30.5 Å². The van der Waals surface area contributed by atoms with Gasteiger partial charge in [0.2, 0.25) is 5.91 Å². The summed E-state index contributed by atoms with van der Waals surface area (Å²) in [5.41, 5.74) is 1.89. The summed E-state index contributed by atoms with van der Waals surface area (Å²) in [7, 11) is 0. The molecule has 0 saturated heterocycles. The maximum Gasteiger partial charge on any atom is 0.226 e. The number of carbonyl (C=O) groups is 1. The third-order valence-corrected chi connectivity index (χ3v) is 3.56. The summed E-state index contributed by atoms with van der Waals surface area (Å²) in [6.07, 6.45) is 2.04. The van der Waals surface area contributed by atoms with Crippen molar-refractivity contribution in [2.24, 2.45) is 5.16 Å². The molecule has 1 aliphatic rings. The fraction of sp³-hybridized carbons (Fsp3) is 0.583. The number of carbonyl (C=O) groups excluding carboxylic acids is 1. The van der Waals surface area contributed by atoms with Gasteiger partial charge in [-0.25, -0.2) is 4.98 Å². The standard InChI is InChI=1S/C12H17N3O2S/c1-3-9-4-11(17-15-9)6-13-12(16)5-10-7-18-8(2)14-10/h7,11H,3-6H2,1-2H3,(H,13,16)/t11-/m1/s1. The second-order valence-electron chi connectivity index (χ2n) is 4.28. The molecule has 1 amide bonds. The summed E-state index contributed by atoms with van der Waals surface area (Å²) < 4.78 is 0. The number of rotatable bonds is 5. The highest BCUT2D eigenvalue weighted by Gasteiger charge is 2.20. The topological polar surface area (TPSA) is 63.6 Å². The highest BCUT2D eigenvalue weighted by Crippen LogP contribution is 2.12. The number of aryl methyl sites for hydroxylation is 1. The largest absolute Gasteiger partial charge is 0.390 e. The molecule has 1 atom stereocenters. The number of amides is 1. The predicted octanol–water partition coefficient (Wildman–Crippen LogP) is 1.67. The summed E-state index contributed by atoms with van der Waals surface area (Å²) in [5, 5.41) is 9.71. The van der Waals surface area contributed by atoms with Crippen LogP contribution in [-0.4, -0.2) is 29.3 Å². The van der Waals surface area contributed by atoms with Crippen molar-refractivity contribution in [3.63, 3.8) is 0 Å². The van der Waals surface area contributed by atoms with Gasteiger partial charge >= 0.3 is 0 Å². The van der Waals surface area contributed by atoms with Gasteiger partial charge in [-0.05, 0) is 13.3 Å². The summed E-state index contributed by atoms with van der Waals surface area (Å²) in [6, 6.07) is 0. The van der Waals surface area contributed by atoms with Gasteiger partial charge < -0.3 is 10.2 Å². The van der Waals surface area contributed by atoms with E-state index in [1.165, 1.54) is 0 Å². The smallest absolute Gasteiger partial charge is 0.226 e. The number of thiazole rings is 1. The van der Waals surface area contributed by atoms with Crippen LogP contribution in [0.2, 0.25) is 0 Å². The Kier molecular flexibility index (Phi) is 4.30. The van der Waals surface area contributed by atoms with Gasteiger partial charge in [-0.2, -0.15) is 0 Å². The van der Waals surface area contributed by atoms with E-state index in [4.69, 9.17) is 4.84 Å². The monoisotopic (exact) mass is 267 g/mol. The molecule has 1 aromatic rings. The van der Waals surface area contributed by atoms with E-state index in [1.807, 2.05) is 19.2 Å². The number of hydrogen-bond donors (Lipinski definition) is 1. The minimum Gasteiger partial charge on any atom is -0.390 e. The molecular weight excluding hydrogens is 250 g/mol. The maximum atomic E-state index is 11.7. The van der Waals surface area contributed by atoms with Crippen LogP contribution in [0.4, 0.5) is 0 Å². The van der Waals surface area contributed by atoms with Gasteiger partial charge in [0.1, 0.15) is 6.10 Å². The molecule has 5 nitrogen and oxygen atoms in total. The molecule has 6 heteroatoms. The molecule has 1 aliphatic heterocycles. The van der Waals surface area contributed by atoms with E-state index in [0.29, 0.717) is 13.0 Å². The molecule has 1 N–H and O–H groups in total. The quantitative estimate of drug-likeness (QED) is 0.882. The van der Waals surface area contributed by atoms with Crippen LogP contribution in [0.25, 0.3) is 0 Å². The third kappa shape index (κ3) is 3.53. The molecule has 0 aliphatic carbocycles. The SMILES string of the molecule is CCC1=NO[C@@H](CNC(=O)Cc2csc(C)n2)C1. The maximum absolute atomic E-state index is 11.7. The van der Waals surface area contributed by atoms with Crippen molar-refractivity contribution < 1.29 is 9.63 Å². The molecule has 2 rings (SSSR count). The van der Waals surface area contributed by atoms with Gasteiger partial charge in [-0.15, -0.1) is 11.3 Å². The van der Waals surface area contributed by atoms with Gasteiger partial charge in [0.05, 0.1) is 29.4 Å².